The van der Waals surface area contributed by atoms with E-state index in [9.17, 15) is 0 Å². The zero-order chi connectivity index (χ0) is 9.28. The Hall–Kier alpha value is 0.310. The largest absolute Gasteiger partial charge is 0.368 e. The minimum Gasteiger partial charge on any atom is -0.368 e. The Morgan fingerprint density at radius 3 is 1.91 bits per heavy atom. The topological polar surface area (TPSA) is 9.23 Å². The molecule has 0 aliphatic carbocycles. The lowest BCUT2D eigenvalue weighted by molar-refractivity contribution is 0.115. The molecule has 0 saturated carbocycles. The van der Waals surface area contributed by atoms with Crippen molar-refractivity contribution >= 4 is 12.6 Å². The van der Waals surface area contributed by atoms with Crippen LogP contribution in [0.5, 0.6) is 0 Å². The van der Waals surface area contributed by atoms with Gasteiger partial charge in [-0.1, -0.05) is 27.7 Å². The van der Waals surface area contributed by atoms with Crippen molar-refractivity contribution in [1.29, 1.82) is 0 Å². The van der Waals surface area contributed by atoms with Gasteiger partial charge in [-0.25, -0.2) is 0 Å². The summed E-state index contributed by atoms with van der Waals surface area (Å²) in [7, 11) is 0. The van der Waals surface area contributed by atoms with Gasteiger partial charge in [0.25, 0.3) is 0 Å². The van der Waals surface area contributed by atoms with E-state index in [0.717, 1.165) is 18.9 Å². The van der Waals surface area contributed by atoms with Crippen molar-refractivity contribution < 1.29 is 4.74 Å². The fourth-order valence-corrected chi connectivity index (χ4v) is 0.580. The maximum Gasteiger partial charge on any atom is 0.0971 e. The van der Waals surface area contributed by atoms with Crippen LogP contribution in [0.3, 0.4) is 0 Å². The highest BCUT2D eigenvalue weighted by atomic mass is 32.1. The molecule has 1 nitrogen and oxygen atoms in total. The third-order valence-corrected chi connectivity index (χ3v) is 1.20. The molecular formula is C9H22OS. The van der Waals surface area contributed by atoms with Gasteiger partial charge in [-0.3, -0.25) is 0 Å². The van der Waals surface area contributed by atoms with Crippen molar-refractivity contribution in [2.75, 3.05) is 6.61 Å². The normalized spacial score (nSPS) is 12.3. The summed E-state index contributed by atoms with van der Waals surface area (Å²) in [6.45, 7) is 11.1. The fourth-order valence-electron chi connectivity index (χ4n) is 0.474. The van der Waals surface area contributed by atoms with Crippen molar-refractivity contribution in [3.63, 3.8) is 0 Å². The van der Waals surface area contributed by atoms with E-state index in [1.807, 2.05) is 20.8 Å². The number of thiol groups is 1. The Kier molecular flexibility index (Phi) is 13.0. The molecule has 0 amide bonds. The Morgan fingerprint density at radius 2 is 1.64 bits per heavy atom. The van der Waals surface area contributed by atoms with Gasteiger partial charge in [-0.15, -0.1) is 12.6 Å². The molecule has 2 heteroatoms. The molecule has 0 N–H and O–H groups in total. The minimum atomic E-state index is 0.0868. The molecule has 0 aliphatic rings. The summed E-state index contributed by atoms with van der Waals surface area (Å²) in [5.41, 5.74) is 0.0868. The molecule has 0 rings (SSSR count). The highest BCUT2D eigenvalue weighted by Gasteiger charge is 1.95. The third-order valence-electron chi connectivity index (χ3n) is 1.05. The lowest BCUT2D eigenvalue weighted by Crippen LogP contribution is -2.03. The van der Waals surface area contributed by atoms with Crippen LogP contribution in [0.25, 0.3) is 0 Å². The monoisotopic (exact) mass is 178 g/mol. The quantitative estimate of drug-likeness (QED) is 0.513. The van der Waals surface area contributed by atoms with Crippen molar-refractivity contribution in [2.24, 2.45) is 5.92 Å². The highest BCUT2D eigenvalue weighted by Crippen LogP contribution is 2.02. The van der Waals surface area contributed by atoms with E-state index in [1.54, 1.807) is 0 Å². The Balaban J connectivity index is 0. The molecular weight excluding hydrogens is 156 g/mol. The van der Waals surface area contributed by atoms with E-state index in [0.29, 0.717) is 0 Å². The highest BCUT2D eigenvalue weighted by molar-refractivity contribution is 7.80. The number of hydrogen-bond donors (Lipinski definition) is 1. The lowest BCUT2D eigenvalue weighted by Gasteiger charge is -2.07. The lowest BCUT2D eigenvalue weighted by atomic mass is 10.1. The van der Waals surface area contributed by atoms with Gasteiger partial charge in [0.2, 0.25) is 0 Å². The van der Waals surface area contributed by atoms with Crippen LogP contribution in [-0.2, 0) is 4.74 Å². The van der Waals surface area contributed by atoms with Crippen molar-refractivity contribution in [1.82, 2.24) is 0 Å². The van der Waals surface area contributed by atoms with E-state index in [1.165, 1.54) is 0 Å². The summed E-state index contributed by atoms with van der Waals surface area (Å²) in [5, 5.41) is 0. The van der Waals surface area contributed by atoms with Crippen LogP contribution >= 0.6 is 12.6 Å². The van der Waals surface area contributed by atoms with Crippen molar-refractivity contribution in [3.05, 3.63) is 0 Å². The molecule has 0 bridgehead atoms. The zero-order valence-electron chi connectivity index (χ0n) is 8.42. The summed E-state index contributed by atoms with van der Waals surface area (Å²) in [5.74, 6) is 0.733. The molecule has 0 aromatic rings. The molecule has 0 radical (unpaired) electrons. The van der Waals surface area contributed by atoms with Gasteiger partial charge in [0.05, 0.1) is 5.44 Å². The van der Waals surface area contributed by atoms with Crippen LogP contribution in [0, 0.1) is 5.92 Å². The standard InChI is InChI=1S/C7H16OS.C2H6/c1-6(2)4-5-8-7(3)9;1-2/h6-7,9H,4-5H2,1-3H3;1-2H3. The van der Waals surface area contributed by atoms with E-state index in [2.05, 4.69) is 26.5 Å². The molecule has 0 fully saturated rings. The van der Waals surface area contributed by atoms with Gasteiger partial charge >= 0.3 is 0 Å². The first-order valence-electron chi connectivity index (χ1n) is 4.42. The van der Waals surface area contributed by atoms with Crippen LogP contribution in [0.4, 0.5) is 0 Å². The second-order valence-electron chi connectivity index (χ2n) is 2.65. The predicted molar refractivity (Wildman–Crippen MR) is 55.2 cm³/mol. The van der Waals surface area contributed by atoms with Gasteiger partial charge in [-0.05, 0) is 19.3 Å². The van der Waals surface area contributed by atoms with Gasteiger partial charge in [0.1, 0.15) is 0 Å². The molecule has 0 aromatic heterocycles. The molecule has 1 unspecified atom stereocenters. The molecule has 0 saturated heterocycles. The summed E-state index contributed by atoms with van der Waals surface area (Å²) in [6.07, 6.45) is 1.13. The fraction of sp³-hybridized carbons (Fsp3) is 1.00. The Morgan fingerprint density at radius 1 is 1.18 bits per heavy atom. The molecule has 0 heterocycles. The number of hydrogen-bond acceptors (Lipinski definition) is 2. The molecule has 0 aliphatic heterocycles. The van der Waals surface area contributed by atoms with Gasteiger partial charge in [0, 0.05) is 6.61 Å². The summed E-state index contributed by atoms with van der Waals surface area (Å²) >= 11 is 4.08. The van der Waals surface area contributed by atoms with E-state index in [-0.39, 0.29) is 5.44 Å². The Labute approximate surface area is 76.9 Å². The summed E-state index contributed by atoms with van der Waals surface area (Å²) in [4.78, 5) is 0. The van der Waals surface area contributed by atoms with Crippen LogP contribution in [-0.4, -0.2) is 12.0 Å². The van der Waals surface area contributed by atoms with Gasteiger partial charge < -0.3 is 4.74 Å². The van der Waals surface area contributed by atoms with E-state index >= 15 is 0 Å². The van der Waals surface area contributed by atoms with Crippen molar-refractivity contribution in [2.45, 2.75) is 46.5 Å². The van der Waals surface area contributed by atoms with Gasteiger partial charge in [-0.2, -0.15) is 0 Å². The SMILES string of the molecule is CC.CC(C)CCOC(C)S. The second kappa shape index (κ2) is 10.3. The molecule has 70 valence electrons. The molecule has 1 atom stereocenters. The summed E-state index contributed by atoms with van der Waals surface area (Å²) < 4.78 is 5.22. The second-order valence-corrected chi connectivity index (χ2v) is 3.38. The van der Waals surface area contributed by atoms with Crippen molar-refractivity contribution in [3.8, 4) is 0 Å². The molecule has 0 aromatic carbocycles. The number of rotatable bonds is 4. The number of ether oxygens (including phenoxy) is 1. The maximum atomic E-state index is 5.22. The maximum absolute atomic E-state index is 5.22. The Bertz CT molecular complexity index is 54.6. The smallest absolute Gasteiger partial charge is 0.0971 e. The zero-order valence-corrected chi connectivity index (χ0v) is 9.32. The van der Waals surface area contributed by atoms with E-state index in [4.69, 9.17) is 4.74 Å². The average molecular weight is 178 g/mol. The predicted octanol–water partition coefficient (Wildman–Crippen LogP) is 3.35. The molecule has 11 heavy (non-hydrogen) atoms. The van der Waals surface area contributed by atoms with Gasteiger partial charge in [0.15, 0.2) is 0 Å². The van der Waals surface area contributed by atoms with Crippen LogP contribution < -0.4 is 0 Å². The van der Waals surface area contributed by atoms with Crippen LogP contribution in [0.15, 0.2) is 0 Å². The van der Waals surface area contributed by atoms with Crippen LogP contribution in [0.2, 0.25) is 0 Å². The first-order valence-corrected chi connectivity index (χ1v) is 4.94. The first-order chi connectivity index (χ1) is 5.13. The first kappa shape index (κ1) is 13.9. The molecule has 0 spiro atoms. The minimum absolute atomic E-state index is 0.0868. The van der Waals surface area contributed by atoms with E-state index < -0.39 is 0 Å². The summed E-state index contributed by atoms with van der Waals surface area (Å²) in [6, 6.07) is 0. The van der Waals surface area contributed by atoms with Crippen LogP contribution in [0.1, 0.15) is 41.0 Å². The average Bonchev–Trinajstić information content (AvgIpc) is 1.90. The third kappa shape index (κ3) is 17.9.